The average Bonchev–Trinajstić information content (AvgIpc) is 1.92. The molecule has 0 amide bonds. The fourth-order valence-electron chi connectivity index (χ4n) is 0.540. The summed E-state index contributed by atoms with van der Waals surface area (Å²) < 4.78 is 60.3. The maximum absolute atomic E-state index is 11.8. The first kappa shape index (κ1) is 13.9. The Morgan fingerprint density at radius 1 is 1.29 bits per heavy atom. The molecule has 0 aromatic rings. The standard InChI is InChI=1S/C4H9F2O6PS/c5-13(7,8)11-3-1-2-4-12-14(6,9)10/h1-4H2,(H,7,8). The minimum Gasteiger partial charge on any atom is -0.299 e. The SMILES string of the molecule is O=P(O)(F)OCCCCOS(=O)(=O)F. The van der Waals surface area contributed by atoms with Crippen LogP contribution in [0, 0.1) is 0 Å². The third-order valence-corrected chi connectivity index (χ3v) is 1.96. The zero-order chi connectivity index (χ0) is 11.2. The fourth-order valence-corrected chi connectivity index (χ4v) is 1.21. The van der Waals surface area contributed by atoms with Crippen molar-refractivity contribution in [2.24, 2.45) is 0 Å². The first-order chi connectivity index (χ1) is 6.21. The van der Waals surface area contributed by atoms with Crippen LogP contribution in [0.3, 0.4) is 0 Å². The lowest BCUT2D eigenvalue weighted by molar-refractivity contribution is 0.211. The number of halogens is 2. The molecule has 0 rings (SSSR count). The van der Waals surface area contributed by atoms with E-state index in [0.717, 1.165) is 0 Å². The zero-order valence-corrected chi connectivity index (χ0v) is 8.64. The summed E-state index contributed by atoms with van der Waals surface area (Å²) in [5.41, 5.74) is 0. The van der Waals surface area contributed by atoms with Crippen molar-refractivity contribution in [2.45, 2.75) is 12.8 Å². The van der Waals surface area contributed by atoms with Crippen molar-refractivity contribution in [1.82, 2.24) is 0 Å². The molecule has 14 heavy (non-hydrogen) atoms. The lowest BCUT2D eigenvalue weighted by Crippen LogP contribution is -2.01. The van der Waals surface area contributed by atoms with Crippen LogP contribution in [0.1, 0.15) is 12.8 Å². The summed E-state index contributed by atoms with van der Waals surface area (Å²) in [4.78, 5) is 7.98. The highest BCUT2D eigenvalue weighted by Gasteiger charge is 2.16. The summed E-state index contributed by atoms with van der Waals surface area (Å²) in [6, 6.07) is 0. The lowest BCUT2D eigenvalue weighted by Gasteiger charge is -2.02. The molecule has 0 aromatic heterocycles. The minimum atomic E-state index is -4.98. The Morgan fingerprint density at radius 3 is 2.21 bits per heavy atom. The molecular formula is C4H9F2O6PS. The van der Waals surface area contributed by atoms with Crippen molar-refractivity contribution >= 4 is 18.4 Å². The molecule has 0 aliphatic heterocycles. The van der Waals surface area contributed by atoms with E-state index in [0.29, 0.717) is 0 Å². The molecule has 0 aliphatic rings. The van der Waals surface area contributed by atoms with Crippen LogP contribution in [0.2, 0.25) is 0 Å². The molecular weight excluding hydrogens is 245 g/mol. The van der Waals surface area contributed by atoms with E-state index in [2.05, 4.69) is 8.71 Å². The van der Waals surface area contributed by atoms with Crippen molar-refractivity contribution in [3.05, 3.63) is 0 Å². The van der Waals surface area contributed by atoms with Crippen LogP contribution in [0.5, 0.6) is 0 Å². The van der Waals surface area contributed by atoms with E-state index in [-0.39, 0.29) is 19.4 Å². The minimum absolute atomic E-state index is 0.0587. The smallest absolute Gasteiger partial charge is 0.299 e. The van der Waals surface area contributed by atoms with Crippen molar-refractivity contribution in [2.75, 3.05) is 13.2 Å². The fraction of sp³-hybridized carbons (Fsp3) is 1.00. The van der Waals surface area contributed by atoms with Crippen LogP contribution >= 0.6 is 7.91 Å². The van der Waals surface area contributed by atoms with E-state index in [4.69, 9.17) is 4.89 Å². The number of hydrogen-bond acceptors (Lipinski definition) is 5. The molecule has 0 bridgehead atoms. The molecule has 0 saturated carbocycles. The van der Waals surface area contributed by atoms with Crippen LogP contribution in [-0.4, -0.2) is 26.5 Å². The van der Waals surface area contributed by atoms with Gasteiger partial charge in [-0.2, -0.15) is 8.42 Å². The Balaban J connectivity index is 3.36. The second-order valence-corrected chi connectivity index (χ2v) is 4.39. The normalized spacial score (nSPS) is 16.5. The van der Waals surface area contributed by atoms with Gasteiger partial charge in [0.25, 0.3) is 0 Å². The Hall–Kier alpha value is -0.0800. The highest BCUT2D eigenvalue weighted by Crippen LogP contribution is 2.43. The summed E-state index contributed by atoms with van der Waals surface area (Å²) >= 11 is 0. The quantitative estimate of drug-likeness (QED) is 0.415. The number of unbranched alkanes of at least 4 members (excludes halogenated alkanes) is 1. The van der Waals surface area contributed by atoms with Crippen LogP contribution in [0.25, 0.3) is 0 Å². The zero-order valence-electron chi connectivity index (χ0n) is 6.93. The molecule has 86 valence electrons. The molecule has 6 nitrogen and oxygen atoms in total. The molecule has 0 heterocycles. The lowest BCUT2D eigenvalue weighted by atomic mass is 10.3. The van der Waals surface area contributed by atoms with Gasteiger partial charge in [-0.1, -0.05) is 3.89 Å². The van der Waals surface area contributed by atoms with E-state index >= 15 is 0 Å². The molecule has 1 unspecified atom stereocenters. The highest BCUT2D eigenvalue weighted by molar-refractivity contribution is 7.81. The van der Waals surface area contributed by atoms with Gasteiger partial charge in [0, 0.05) is 0 Å². The Bertz CT molecular complexity index is 297. The average molecular weight is 254 g/mol. The molecule has 0 aromatic carbocycles. The van der Waals surface area contributed by atoms with Crippen LogP contribution in [-0.2, 0) is 23.8 Å². The van der Waals surface area contributed by atoms with Crippen LogP contribution < -0.4 is 0 Å². The summed E-state index contributed by atoms with van der Waals surface area (Å²) in [6.07, 6.45) is 0.132. The van der Waals surface area contributed by atoms with E-state index in [1.165, 1.54) is 0 Å². The number of rotatable bonds is 7. The first-order valence-electron chi connectivity index (χ1n) is 3.47. The second kappa shape index (κ2) is 5.72. The number of hydrogen-bond donors (Lipinski definition) is 1. The van der Waals surface area contributed by atoms with Gasteiger partial charge in [0.15, 0.2) is 0 Å². The van der Waals surface area contributed by atoms with Gasteiger partial charge >= 0.3 is 18.4 Å². The van der Waals surface area contributed by atoms with Gasteiger partial charge in [-0.3, -0.25) is 9.42 Å². The van der Waals surface area contributed by atoms with E-state index in [1.54, 1.807) is 0 Å². The van der Waals surface area contributed by atoms with E-state index in [9.17, 15) is 21.1 Å². The summed E-state index contributed by atoms with van der Waals surface area (Å²) in [5.74, 6) is 0. The predicted molar refractivity (Wildman–Crippen MR) is 42.1 cm³/mol. The van der Waals surface area contributed by atoms with Gasteiger partial charge in [-0.25, -0.2) is 8.75 Å². The predicted octanol–water partition coefficient (Wildman–Crippen LogP) is 1.08. The van der Waals surface area contributed by atoms with Gasteiger partial charge in [0.05, 0.1) is 13.2 Å². The van der Waals surface area contributed by atoms with Crippen molar-refractivity contribution in [3.63, 3.8) is 0 Å². The van der Waals surface area contributed by atoms with Gasteiger partial charge in [-0.05, 0) is 12.8 Å². The monoisotopic (exact) mass is 254 g/mol. The molecule has 10 heteroatoms. The van der Waals surface area contributed by atoms with Crippen LogP contribution in [0.4, 0.5) is 8.08 Å². The van der Waals surface area contributed by atoms with Crippen LogP contribution in [0.15, 0.2) is 0 Å². The maximum Gasteiger partial charge on any atom is 0.510 e. The van der Waals surface area contributed by atoms with Crippen molar-refractivity contribution in [1.29, 1.82) is 0 Å². The summed E-state index contributed by atoms with van der Waals surface area (Å²) in [7, 11) is -9.94. The van der Waals surface area contributed by atoms with Gasteiger partial charge in [0.1, 0.15) is 0 Å². The van der Waals surface area contributed by atoms with E-state index in [1.807, 2.05) is 0 Å². The maximum atomic E-state index is 11.8. The molecule has 0 spiro atoms. The van der Waals surface area contributed by atoms with Gasteiger partial charge in [0.2, 0.25) is 0 Å². The molecule has 1 N–H and O–H groups in total. The third-order valence-electron chi connectivity index (χ3n) is 1.01. The topological polar surface area (TPSA) is 89.9 Å². The molecule has 0 aliphatic carbocycles. The Labute approximate surface area is 79.9 Å². The van der Waals surface area contributed by atoms with E-state index < -0.39 is 25.0 Å². The van der Waals surface area contributed by atoms with Crippen molar-refractivity contribution in [3.8, 4) is 0 Å². The van der Waals surface area contributed by atoms with Gasteiger partial charge < -0.3 is 0 Å². The van der Waals surface area contributed by atoms with Gasteiger partial charge in [-0.15, -0.1) is 4.20 Å². The molecule has 0 fully saturated rings. The highest BCUT2D eigenvalue weighted by atomic mass is 32.3. The third kappa shape index (κ3) is 11.9. The summed E-state index contributed by atoms with van der Waals surface area (Å²) in [5, 5.41) is 0. The molecule has 0 saturated heterocycles. The van der Waals surface area contributed by atoms with Crippen molar-refractivity contribution < 1.29 is 34.7 Å². The second-order valence-electron chi connectivity index (χ2n) is 2.21. The Morgan fingerprint density at radius 2 is 1.79 bits per heavy atom. The first-order valence-corrected chi connectivity index (χ1v) is 6.24. The Kier molecular flexibility index (Phi) is 5.68. The largest absolute Gasteiger partial charge is 0.510 e. The molecule has 0 radical (unpaired) electrons. The summed E-state index contributed by atoms with van der Waals surface area (Å²) in [6.45, 7) is -0.801. The molecule has 1 atom stereocenters.